The van der Waals surface area contributed by atoms with Crippen molar-refractivity contribution >= 4 is 11.9 Å². The van der Waals surface area contributed by atoms with Crippen molar-refractivity contribution in [1.29, 1.82) is 0 Å². The molecule has 0 saturated carbocycles. The first-order valence-electron chi connectivity index (χ1n) is 8.13. The van der Waals surface area contributed by atoms with E-state index in [1.807, 2.05) is 44.2 Å². The third-order valence-electron chi connectivity index (χ3n) is 3.62. The van der Waals surface area contributed by atoms with Crippen LogP contribution in [-0.2, 0) is 16.1 Å². The number of benzene rings is 1. The van der Waals surface area contributed by atoms with Crippen LogP contribution >= 0.6 is 0 Å². The molecule has 0 fully saturated rings. The van der Waals surface area contributed by atoms with Gasteiger partial charge in [0, 0.05) is 12.2 Å². The Morgan fingerprint density at radius 3 is 2.44 bits per heavy atom. The van der Waals surface area contributed by atoms with Crippen molar-refractivity contribution in [3.63, 3.8) is 0 Å². The zero-order chi connectivity index (χ0) is 18.4. The molecule has 7 nitrogen and oxygen atoms in total. The summed E-state index contributed by atoms with van der Waals surface area (Å²) in [4.78, 5) is 24.5. The number of hydrogen-bond acceptors (Lipinski definition) is 5. The lowest BCUT2D eigenvalue weighted by Crippen LogP contribution is -2.48. The van der Waals surface area contributed by atoms with E-state index in [1.165, 1.54) is 6.92 Å². The number of nitrogens with one attached hydrogen (secondary N) is 1. The number of aliphatic hydroxyl groups is 1. The van der Waals surface area contributed by atoms with Crippen LogP contribution < -0.4 is 5.32 Å². The number of ether oxygens (including phenoxy) is 1. The van der Waals surface area contributed by atoms with E-state index in [2.05, 4.69) is 10.4 Å². The summed E-state index contributed by atoms with van der Waals surface area (Å²) in [5.41, 5.74) is 0.998. The lowest BCUT2D eigenvalue weighted by molar-refractivity contribution is -0.150. The van der Waals surface area contributed by atoms with Gasteiger partial charge in [0.1, 0.15) is 12.3 Å². The SMILES string of the molecule is CC(C)n1ccc(C(=O)N[C@H](C(=O)OCc2ccccc2)[C@H](C)O)n1. The molecule has 0 aliphatic heterocycles. The van der Waals surface area contributed by atoms with Crippen LogP contribution in [0.4, 0.5) is 0 Å². The highest BCUT2D eigenvalue weighted by Gasteiger charge is 2.28. The number of carbonyl (C=O) groups is 2. The Labute approximate surface area is 146 Å². The smallest absolute Gasteiger partial charge is 0.331 e. The molecule has 1 heterocycles. The van der Waals surface area contributed by atoms with E-state index in [9.17, 15) is 14.7 Å². The van der Waals surface area contributed by atoms with Crippen molar-refractivity contribution in [1.82, 2.24) is 15.1 Å². The van der Waals surface area contributed by atoms with Gasteiger partial charge in [-0.3, -0.25) is 9.48 Å². The highest BCUT2D eigenvalue weighted by Crippen LogP contribution is 2.07. The van der Waals surface area contributed by atoms with Gasteiger partial charge in [-0.2, -0.15) is 5.10 Å². The predicted octanol–water partition coefficient (Wildman–Crippen LogP) is 1.69. The van der Waals surface area contributed by atoms with Crippen molar-refractivity contribution < 1.29 is 19.4 Å². The second-order valence-corrected chi connectivity index (χ2v) is 6.06. The molecule has 1 aromatic carbocycles. The molecule has 25 heavy (non-hydrogen) atoms. The minimum Gasteiger partial charge on any atom is -0.459 e. The quantitative estimate of drug-likeness (QED) is 0.745. The largest absolute Gasteiger partial charge is 0.459 e. The van der Waals surface area contributed by atoms with Crippen molar-refractivity contribution in [2.45, 2.75) is 45.6 Å². The summed E-state index contributed by atoms with van der Waals surface area (Å²) in [6.07, 6.45) is 0.587. The van der Waals surface area contributed by atoms with Crippen LogP contribution in [0, 0.1) is 0 Å². The van der Waals surface area contributed by atoms with Crippen LogP contribution in [0.15, 0.2) is 42.6 Å². The minimum absolute atomic E-state index is 0.0702. The van der Waals surface area contributed by atoms with E-state index in [0.29, 0.717) is 0 Å². The molecule has 0 unspecified atom stereocenters. The first kappa shape index (κ1) is 18.7. The number of hydrogen-bond donors (Lipinski definition) is 2. The van der Waals surface area contributed by atoms with Crippen LogP contribution in [-0.4, -0.2) is 38.9 Å². The molecule has 0 radical (unpaired) electrons. The Morgan fingerprint density at radius 1 is 1.20 bits per heavy atom. The average Bonchev–Trinajstić information content (AvgIpc) is 3.08. The van der Waals surface area contributed by atoms with Gasteiger partial charge in [-0.25, -0.2) is 4.79 Å². The maximum absolute atomic E-state index is 12.3. The highest BCUT2D eigenvalue weighted by atomic mass is 16.5. The molecule has 0 aliphatic carbocycles. The number of rotatable bonds is 7. The van der Waals surface area contributed by atoms with E-state index in [0.717, 1.165) is 5.56 Å². The Kier molecular flexibility index (Phi) is 6.30. The Balaban J connectivity index is 1.99. The summed E-state index contributed by atoms with van der Waals surface area (Å²) >= 11 is 0. The summed E-state index contributed by atoms with van der Waals surface area (Å²) < 4.78 is 6.83. The summed E-state index contributed by atoms with van der Waals surface area (Å²) in [7, 11) is 0. The zero-order valence-corrected chi connectivity index (χ0v) is 14.5. The molecule has 7 heteroatoms. The van der Waals surface area contributed by atoms with Gasteiger partial charge in [0.2, 0.25) is 0 Å². The molecule has 2 rings (SSSR count). The summed E-state index contributed by atoms with van der Waals surface area (Å²) in [5.74, 6) is -1.24. The lowest BCUT2D eigenvalue weighted by Gasteiger charge is -2.19. The second-order valence-electron chi connectivity index (χ2n) is 6.06. The van der Waals surface area contributed by atoms with Crippen LogP contribution in [0.3, 0.4) is 0 Å². The third-order valence-corrected chi connectivity index (χ3v) is 3.62. The van der Waals surface area contributed by atoms with E-state index in [-0.39, 0.29) is 18.3 Å². The topological polar surface area (TPSA) is 93.5 Å². The highest BCUT2D eigenvalue weighted by molar-refractivity contribution is 5.95. The van der Waals surface area contributed by atoms with Crippen LogP contribution in [0.1, 0.15) is 42.9 Å². The van der Waals surface area contributed by atoms with Gasteiger partial charge < -0.3 is 15.2 Å². The Bertz CT molecular complexity index is 710. The van der Waals surface area contributed by atoms with Crippen LogP contribution in [0.2, 0.25) is 0 Å². The fourth-order valence-electron chi connectivity index (χ4n) is 2.16. The molecule has 1 amide bonds. The van der Waals surface area contributed by atoms with Crippen LogP contribution in [0.5, 0.6) is 0 Å². The Hall–Kier alpha value is -2.67. The van der Waals surface area contributed by atoms with E-state index in [1.54, 1.807) is 16.9 Å². The fourth-order valence-corrected chi connectivity index (χ4v) is 2.16. The van der Waals surface area contributed by atoms with E-state index >= 15 is 0 Å². The Morgan fingerprint density at radius 2 is 1.88 bits per heavy atom. The maximum Gasteiger partial charge on any atom is 0.331 e. The third kappa shape index (κ3) is 5.15. The summed E-state index contributed by atoms with van der Waals surface area (Å²) in [6.45, 7) is 5.37. The summed E-state index contributed by atoms with van der Waals surface area (Å²) in [6, 6.07) is 9.68. The second kappa shape index (κ2) is 8.43. The van der Waals surface area contributed by atoms with Gasteiger partial charge in [-0.15, -0.1) is 0 Å². The minimum atomic E-state index is -1.17. The maximum atomic E-state index is 12.3. The monoisotopic (exact) mass is 345 g/mol. The van der Waals surface area contributed by atoms with E-state index in [4.69, 9.17) is 4.74 Å². The normalized spacial score (nSPS) is 13.3. The molecule has 2 aromatic rings. The average molecular weight is 345 g/mol. The molecular weight excluding hydrogens is 322 g/mol. The molecule has 2 atom stereocenters. The first-order valence-corrected chi connectivity index (χ1v) is 8.13. The van der Waals surface area contributed by atoms with Crippen molar-refractivity contribution in [2.75, 3.05) is 0 Å². The summed E-state index contributed by atoms with van der Waals surface area (Å²) in [5, 5.41) is 16.5. The van der Waals surface area contributed by atoms with E-state index < -0.39 is 24.0 Å². The standard InChI is InChI=1S/C18H23N3O4/c1-12(2)21-10-9-15(20-21)17(23)19-16(13(3)22)18(24)25-11-14-7-5-4-6-8-14/h4-10,12-13,16,22H,11H2,1-3H3,(H,19,23)/t13-,16-/m0/s1. The van der Waals surface area contributed by atoms with Crippen molar-refractivity contribution in [2.24, 2.45) is 0 Å². The van der Waals surface area contributed by atoms with Gasteiger partial charge >= 0.3 is 5.97 Å². The zero-order valence-electron chi connectivity index (χ0n) is 14.5. The molecule has 0 saturated heterocycles. The van der Waals surface area contributed by atoms with Gasteiger partial charge in [-0.05, 0) is 32.4 Å². The number of esters is 1. The number of amides is 1. The van der Waals surface area contributed by atoms with Crippen molar-refractivity contribution in [3.8, 4) is 0 Å². The fraction of sp³-hybridized carbons (Fsp3) is 0.389. The molecule has 1 aromatic heterocycles. The molecule has 0 aliphatic rings. The van der Waals surface area contributed by atoms with Gasteiger partial charge in [0.05, 0.1) is 6.10 Å². The first-order chi connectivity index (χ1) is 11.9. The van der Waals surface area contributed by atoms with Crippen LogP contribution in [0.25, 0.3) is 0 Å². The predicted molar refractivity (Wildman–Crippen MR) is 91.8 cm³/mol. The van der Waals surface area contributed by atoms with Gasteiger partial charge in [0.15, 0.2) is 6.04 Å². The van der Waals surface area contributed by atoms with Crippen molar-refractivity contribution in [3.05, 3.63) is 53.9 Å². The molecule has 0 spiro atoms. The molecule has 134 valence electrons. The number of nitrogens with zero attached hydrogens (tertiary/aromatic N) is 2. The molecule has 2 N–H and O–H groups in total. The lowest BCUT2D eigenvalue weighted by atomic mass is 10.1. The molecule has 0 bridgehead atoms. The molecular formula is C18H23N3O4. The van der Waals surface area contributed by atoms with Gasteiger partial charge in [0.25, 0.3) is 5.91 Å². The number of aromatic nitrogens is 2. The number of aliphatic hydroxyl groups excluding tert-OH is 1. The number of carbonyl (C=O) groups excluding carboxylic acids is 2. The van der Waals surface area contributed by atoms with Gasteiger partial charge in [-0.1, -0.05) is 30.3 Å².